The molecule has 7 nitrogen and oxygen atoms in total. The van der Waals surface area contributed by atoms with Crippen molar-refractivity contribution in [2.45, 2.75) is 44.2 Å². The molecule has 1 heterocycles. The number of nitrogens with zero attached hydrogens (tertiary/aromatic N) is 1. The summed E-state index contributed by atoms with van der Waals surface area (Å²) in [6.45, 7) is 4.52. The summed E-state index contributed by atoms with van der Waals surface area (Å²) in [4.78, 5) is 24.7. The van der Waals surface area contributed by atoms with Crippen LogP contribution in [0.2, 0.25) is 5.02 Å². The van der Waals surface area contributed by atoms with Crippen LogP contribution in [0.25, 0.3) is 0 Å². The summed E-state index contributed by atoms with van der Waals surface area (Å²) in [6, 6.07) is 11.5. The number of esters is 1. The Labute approximate surface area is 193 Å². The molecule has 1 fully saturated rings. The minimum atomic E-state index is -4.02. The Morgan fingerprint density at radius 2 is 1.78 bits per heavy atom. The molecule has 1 aliphatic rings. The molecule has 0 bridgehead atoms. The fraction of sp³-hybridized carbons (Fsp3) is 0.391. The van der Waals surface area contributed by atoms with Gasteiger partial charge in [0.15, 0.2) is 0 Å². The third kappa shape index (κ3) is 5.49. The van der Waals surface area contributed by atoms with Gasteiger partial charge in [-0.15, -0.1) is 0 Å². The molecule has 1 atom stereocenters. The molecule has 0 aromatic heterocycles. The minimum Gasteiger partial charge on any atom is -0.465 e. The van der Waals surface area contributed by atoms with Gasteiger partial charge in [-0.05, 0) is 60.2 Å². The van der Waals surface area contributed by atoms with Gasteiger partial charge in [0, 0.05) is 18.1 Å². The topological polar surface area (TPSA) is 92.8 Å². The summed E-state index contributed by atoms with van der Waals surface area (Å²) < 4.78 is 33.3. The summed E-state index contributed by atoms with van der Waals surface area (Å²) in [5, 5.41) is 3.27. The van der Waals surface area contributed by atoms with Crippen LogP contribution in [0.3, 0.4) is 0 Å². The van der Waals surface area contributed by atoms with Crippen LogP contribution in [0.15, 0.2) is 53.4 Å². The van der Waals surface area contributed by atoms with Crippen molar-refractivity contribution in [2.24, 2.45) is 5.41 Å². The summed E-state index contributed by atoms with van der Waals surface area (Å²) in [5.41, 5.74) is 0.772. The zero-order chi connectivity index (χ0) is 23.5. The van der Waals surface area contributed by atoms with E-state index in [1.807, 2.05) is 13.8 Å². The highest BCUT2D eigenvalue weighted by molar-refractivity contribution is 7.89. The molecule has 1 unspecified atom stereocenters. The van der Waals surface area contributed by atoms with Gasteiger partial charge in [-0.1, -0.05) is 37.6 Å². The molecule has 0 radical (unpaired) electrons. The van der Waals surface area contributed by atoms with Crippen molar-refractivity contribution in [1.82, 2.24) is 9.62 Å². The van der Waals surface area contributed by atoms with Crippen LogP contribution in [0.4, 0.5) is 0 Å². The van der Waals surface area contributed by atoms with Gasteiger partial charge in [-0.25, -0.2) is 13.2 Å². The standard InChI is InChI=1S/C23H27ClN2O5S/c1-23(2)12-13-25-21(27)20(14-23)26(32(29,30)19-10-8-18(24)9-11-19)15-16-4-6-17(7-5-16)22(28)31-3/h4-11,20H,12-15H2,1-3H3,(H,25,27). The van der Waals surface area contributed by atoms with Crippen molar-refractivity contribution in [2.75, 3.05) is 13.7 Å². The summed E-state index contributed by atoms with van der Waals surface area (Å²) in [5.74, 6) is -0.800. The number of ether oxygens (including phenoxy) is 1. The molecule has 1 N–H and O–H groups in total. The Balaban J connectivity index is 2.03. The van der Waals surface area contributed by atoms with Gasteiger partial charge in [-0.3, -0.25) is 4.79 Å². The van der Waals surface area contributed by atoms with Crippen molar-refractivity contribution in [3.05, 3.63) is 64.7 Å². The number of benzene rings is 2. The van der Waals surface area contributed by atoms with Gasteiger partial charge in [0.05, 0.1) is 17.6 Å². The molecular formula is C23H27ClN2O5S. The summed E-state index contributed by atoms with van der Waals surface area (Å²) in [7, 11) is -2.73. The van der Waals surface area contributed by atoms with Gasteiger partial charge in [0.25, 0.3) is 0 Å². The number of carbonyl (C=O) groups is 2. The van der Waals surface area contributed by atoms with E-state index in [1.165, 1.54) is 35.7 Å². The van der Waals surface area contributed by atoms with Gasteiger partial charge < -0.3 is 10.1 Å². The Kier molecular flexibility index (Phi) is 7.27. The molecular weight excluding hydrogens is 452 g/mol. The number of nitrogens with one attached hydrogen (secondary N) is 1. The lowest BCUT2D eigenvalue weighted by Gasteiger charge is -2.33. The van der Waals surface area contributed by atoms with Crippen molar-refractivity contribution < 1.29 is 22.7 Å². The smallest absolute Gasteiger partial charge is 0.337 e. The largest absolute Gasteiger partial charge is 0.465 e. The molecule has 0 aliphatic carbocycles. The Bertz CT molecular complexity index is 1080. The van der Waals surface area contributed by atoms with E-state index < -0.39 is 22.0 Å². The molecule has 1 aliphatic heterocycles. The lowest BCUT2D eigenvalue weighted by molar-refractivity contribution is -0.125. The van der Waals surface area contributed by atoms with Gasteiger partial charge >= 0.3 is 5.97 Å². The van der Waals surface area contributed by atoms with Crippen LogP contribution < -0.4 is 5.32 Å². The van der Waals surface area contributed by atoms with Crippen molar-refractivity contribution in [1.29, 1.82) is 0 Å². The number of hydrogen-bond acceptors (Lipinski definition) is 5. The summed E-state index contributed by atoms with van der Waals surface area (Å²) >= 11 is 5.94. The number of rotatable bonds is 6. The number of sulfonamides is 1. The predicted molar refractivity (Wildman–Crippen MR) is 122 cm³/mol. The third-order valence-corrected chi connectivity index (χ3v) is 7.75. The van der Waals surface area contributed by atoms with E-state index in [1.54, 1.807) is 24.3 Å². The maximum atomic E-state index is 13.7. The highest BCUT2D eigenvalue weighted by Crippen LogP contribution is 2.33. The second-order valence-electron chi connectivity index (χ2n) is 8.62. The lowest BCUT2D eigenvalue weighted by Crippen LogP contribution is -2.49. The molecule has 0 saturated carbocycles. The van der Waals surface area contributed by atoms with E-state index in [-0.39, 0.29) is 22.8 Å². The van der Waals surface area contributed by atoms with Crippen LogP contribution >= 0.6 is 11.6 Å². The Morgan fingerprint density at radius 3 is 2.38 bits per heavy atom. The molecule has 32 heavy (non-hydrogen) atoms. The SMILES string of the molecule is COC(=O)c1ccc(CN(C2CC(C)(C)CCNC2=O)S(=O)(=O)c2ccc(Cl)cc2)cc1. The Morgan fingerprint density at radius 1 is 1.16 bits per heavy atom. The molecule has 1 amide bonds. The minimum absolute atomic E-state index is 0.0272. The van der Waals surface area contributed by atoms with Gasteiger partial charge in [0.2, 0.25) is 15.9 Å². The van der Waals surface area contributed by atoms with Crippen LogP contribution in [0, 0.1) is 5.41 Å². The average Bonchev–Trinajstić information content (AvgIpc) is 2.89. The normalized spacial score (nSPS) is 18.7. The van der Waals surface area contributed by atoms with E-state index in [0.29, 0.717) is 29.1 Å². The average molecular weight is 479 g/mol. The highest BCUT2D eigenvalue weighted by atomic mass is 35.5. The first-order valence-corrected chi connectivity index (χ1v) is 12.1. The quantitative estimate of drug-likeness (QED) is 0.640. The number of hydrogen-bond donors (Lipinski definition) is 1. The van der Waals surface area contributed by atoms with Gasteiger partial charge in [0.1, 0.15) is 6.04 Å². The van der Waals surface area contributed by atoms with Crippen LogP contribution in [0.5, 0.6) is 0 Å². The van der Waals surface area contributed by atoms with E-state index in [0.717, 1.165) is 6.42 Å². The number of amides is 1. The molecule has 2 aromatic carbocycles. The third-order valence-electron chi connectivity index (χ3n) is 5.63. The van der Waals surface area contributed by atoms with E-state index >= 15 is 0 Å². The maximum Gasteiger partial charge on any atom is 0.337 e. The second-order valence-corrected chi connectivity index (χ2v) is 10.9. The van der Waals surface area contributed by atoms with Crippen LogP contribution in [-0.2, 0) is 26.1 Å². The molecule has 1 saturated heterocycles. The van der Waals surface area contributed by atoms with Crippen LogP contribution in [-0.4, -0.2) is 44.3 Å². The highest BCUT2D eigenvalue weighted by Gasteiger charge is 2.40. The Hall–Kier alpha value is -2.42. The van der Waals surface area contributed by atoms with E-state index in [4.69, 9.17) is 16.3 Å². The molecule has 3 rings (SSSR count). The monoisotopic (exact) mass is 478 g/mol. The first-order chi connectivity index (χ1) is 15.0. The van der Waals surface area contributed by atoms with Gasteiger partial charge in [-0.2, -0.15) is 4.31 Å². The number of carbonyl (C=O) groups excluding carboxylic acids is 2. The van der Waals surface area contributed by atoms with E-state index in [2.05, 4.69) is 5.32 Å². The molecule has 9 heteroatoms. The lowest BCUT2D eigenvalue weighted by atomic mass is 9.83. The first kappa shape index (κ1) is 24.2. The van der Waals surface area contributed by atoms with E-state index in [9.17, 15) is 18.0 Å². The van der Waals surface area contributed by atoms with Crippen LogP contribution in [0.1, 0.15) is 42.6 Å². The van der Waals surface area contributed by atoms with Crippen molar-refractivity contribution >= 4 is 33.5 Å². The summed E-state index contributed by atoms with van der Waals surface area (Å²) in [6.07, 6.45) is 1.13. The molecule has 0 spiro atoms. The maximum absolute atomic E-state index is 13.7. The number of halogens is 1. The fourth-order valence-electron chi connectivity index (χ4n) is 3.74. The fourth-order valence-corrected chi connectivity index (χ4v) is 5.44. The predicted octanol–water partition coefficient (Wildman–Crippen LogP) is 3.62. The second kappa shape index (κ2) is 9.60. The molecule has 172 valence electrons. The first-order valence-electron chi connectivity index (χ1n) is 10.3. The van der Waals surface area contributed by atoms with Crippen molar-refractivity contribution in [3.8, 4) is 0 Å². The molecule has 2 aromatic rings. The zero-order valence-corrected chi connectivity index (χ0v) is 19.9. The van der Waals surface area contributed by atoms with Crippen molar-refractivity contribution in [3.63, 3.8) is 0 Å². The number of methoxy groups -OCH3 is 1. The zero-order valence-electron chi connectivity index (χ0n) is 18.3.